The lowest BCUT2D eigenvalue weighted by atomic mass is 10.0. The van der Waals surface area contributed by atoms with Gasteiger partial charge in [-0.15, -0.1) is 0 Å². The van der Waals surface area contributed by atoms with Gasteiger partial charge < -0.3 is 9.16 Å². The summed E-state index contributed by atoms with van der Waals surface area (Å²) in [6, 6.07) is 0. The molecule has 0 radical (unpaired) electrons. The number of esters is 1. The third kappa shape index (κ3) is 7.62. The van der Waals surface area contributed by atoms with Gasteiger partial charge in [-0.1, -0.05) is 45.6 Å². The number of ether oxygens (including phenoxy) is 1. The van der Waals surface area contributed by atoms with Gasteiger partial charge in [0.05, 0.1) is 12.5 Å². The molecule has 1 atom stereocenters. The monoisotopic (exact) mass is 312 g/mol. The normalized spacial score (nSPS) is 14.2. The Hall–Kier alpha value is -0.873. The average Bonchev–Trinajstić information content (AvgIpc) is 2.36. The summed E-state index contributed by atoms with van der Waals surface area (Å²) < 4.78 is 11.2. The largest absolute Gasteiger partial charge is 0.466 e. The van der Waals surface area contributed by atoms with Crippen LogP contribution in [0.25, 0.3) is 0 Å². The van der Waals surface area contributed by atoms with E-state index in [9.17, 15) is 4.79 Å². The van der Waals surface area contributed by atoms with Crippen molar-refractivity contribution < 1.29 is 14.0 Å². The predicted octanol–water partition coefficient (Wildman–Crippen LogP) is 4.71. The van der Waals surface area contributed by atoms with Crippen molar-refractivity contribution in [1.82, 2.24) is 0 Å². The molecule has 0 aromatic carbocycles. The van der Waals surface area contributed by atoms with Gasteiger partial charge in [-0.25, -0.2) is 0 Å². The number of hydrogen-bond acceptors (Lipinski definition) is 3. The van der Waals surface area contributed by atoms with Gasteiger partial charge in [-0.3, -0.25) is 4.79 Å². The van der Waals surface area contributed by atoms with Crippen molar-refractivity contribution >= 4 is 14.3 Å². The zero-order chi connectivity index (χ0) is 16.5. The summed E-state index contributed by atoms with van der Waals surface area (Å²) in [6.07, 6.45) is 6.95. The fourth-order valence-corrected chi connectivity index (χ4v) is 2.69. The first kappa shape index (κ1) is 20.1. The molecule has 0 aromatic heterocycles. The number of hydrogen-bond donors (Lipinski definition) is 0. The average molecular weight is 313 g/mol. The second-order valence-corrected chi connectivity index (χ2v) is 11.5. The number of carbonyl (C=O) groups is 1. The molecule has 122 valence electrons. The third-order valence-electron chi connectivity index (χ3n) is 4.00. The summed E-state index contributed by atoms with van der Waals surface area (Å²) in [5, 5.41) is 0.219. The van der Waals surface area contributed by atoms with E-state index in [2.05, 4.69) is 40.4 Å². The highest BCUT2D eigenvalue weighted by Gasteiger charge is 2.36. The van der Waals surface area contributed by atoms with Gasteiger partial charge in [0.2, 0.25) is 0 Å². The molecule has 0 saturated heterocycles. The van der Waals surface area contributed by atoms with Gasteiger partial charge in [0.15, 0.2) is 8.32 Å². The molecule has 0 bridgehead atoms. The van der Waals surface area contributed by atoms with Crippen molar-refractivity contribution in [1.29, 1.82) is 0 Å². The molecule has 0 aliphatic rings. The second-order valence-electron chi connectivity index (χ2n) is 6.73. The van der Waals surface area contributed by atoms with Crippen LogP contribution in [0.2, 0.25) is 18.1 Å². The SMILES string of the molecule is C=C/C=C/C(CCCO[Si](C)(C)C(C)(C)C)C(=O)OCC. The highest BCUT2D eigenvalue weighted by Crippen LogP contribution is 2.36. The number of allylic oxidation sites excluding steroid dienone is 2. The summed E-state index contributed by atoms with van der Waals surface area (Å²) in [6.45, 7) is 17.8. The second kappa shape index (κ2) is 9.21. The summed E-state index contributed by atoms with van der Waals surface area (Å²) in [5.41, 5.74) is 0. The minimum Gasteiger partial charge on any atom is -0.466 e. The summed E-state index contributed by atoms with van der Waals surface area (Å²) in [5.74, 6) is -0.367. The maximum atomic E-state index is 11.9. The van der Waals surface area contributed by atoms with Crippen LogP contribution in [0.4, 0.5) is 0 Å². The Kier molecular flexibility index (Phi) is 8.82. The van der Waals surface area contributed by atoms with E-state index >= 15 is 0 Å². The molecule has 0 N–H and O–H groups in total. The Bertz CT molecular complexity index is 354. The van der Waals surface area contributed by atoms with E-state index in [1.165, 1.54) is 0 Å². The summed E-state index contributed by atoms with van der Waals surface area (Å²) >= 11 is 0. The zero-order valence-electron chi connectivity index (χ0n) is 14.6. The lowest BCUT2D eigenvalue weighted by Gasteiger charge is -2.36. The molecule has 0 amide bonds. The first-order valence-corrected chi connectivity index (χ1v) is 10.7. The van der Waals surface area contributed by atoms with Crippen molar-refractivity contribution in [2.24, 2.45) is 5.92 Å². The van der Waals surface area contributed by atoms with Crippen molar-refractivity contribution in [2.45, 2.75) is 58.7 Å². The molecule has 0 aliphatic heterocycles. The number of rotatable bonds is 9. The molecule has 0 saturated carbocycles. The third-order valence-corrected chi connectivity index (χ3v) is 8.54. The topological polar surface area (TPSA) is 35.5 Å². The van der Waals surface area contributed by atoms with Crippen LogP contribution < -0.4 is 0 Å². The van der Waals surface area contributed by atoms with Crippen LogP contribution in [0.5, 0.6) is 0 Å². The van der Waals surface area contributed by atoms with E-state index in [0.29, 0.717) is 13.2 Å². The molecular weight excluding hydrogens is 280 g/mol. The van der Waals surface area contributed by atoms with Gasteiger partial charge in [0, 0.05) is 6.61 Å². The van der Waals surface area contributed by atoms with Crippen LogP contribution in [0.3, 0.4) is 0 Å². The standard InChI is InChI=1S/C17H32O3Si/c1-8-10-12-15(16(18)19-9-2)13-11-14-20-21(6,7)17(3,4)5/h8,10,12,15H,1,9,11,13-14H2,2-7H3/b12-10+. The lowest BCUT2D eigenvalue weighted by molar-refractivity contribution is -0.146. The Morgan fingerprint density at radius 2 is 1.95 bits per heavy atom. The number of carbonyl (C=O) groups excluding carboxylic acids is 1. The molecule has 3 nitrogen and oxygen atoms in total. The van der Waals surface area contributed by atoms with Crippen LogP contribution in [0, 0.1) is 5.92 Å². The maximum absolute atomic E-state index is 11.9. The van der Waals surface area contributed by atoms with Gasteiger partial charge in [-0.2, -0.15) is 0 Å². The lowest BCUT2D eigenvalue weighted by Crippen LogP contribution is -2.41. The Labute approximate surface area is 131 Å². The van der Waals surface area contributed by atoms with Gasteiger partial charge >= 0.3 is 5.97 Å². The Morgan fingerprint density at radius 1 is 1.33 bits per heavy atom. The maximum Gasteiger partial charge on any atom is 0.312 e. The molecule has 1 unspecified atom stereocenters. The fourth-order valence-electron chi connectivity index (χ4n) is 1.60. The van der Waals surface area contributed by atoms with Crippen molar-refractivity contribution in [3.05, 3.63) is 24.8 Å². The Morgan fingerprint density at radius 3 is 2.43 bits per heavy atom. The Balaban J connectivity index is 4.35. The predicted molar refractivity (Wildman–Crippen MR) is 91.8 cm³/mol. The molecule has 0 fully saturated rings. The van der Waals surface area contributed by atoms with Gasteiger partial charge in [0.25, 0.3) is 0 Å². The highest BCUT2D eigenvalue weighted by molar-refractivity contribution is 6.74. The van der Waals surface area contributed by atoms with E-state index in [1.54, 1.807) is 12.2 Å². The zero-order valence-corrected chi connectivity index (χ0v) is 15.6. The quantitative estimate of drug-likeness (QED) is 0.268. The summed E-state index contributed by atoms with van der Waals surface area (Å²) in [7, 11) is -1.70. The van der Waals surface area contributed by atoms with Crippen LogP contribution in [0.15, 0.2) is 24.8 Å². The minimum absolute atomic E-state index is 0.164. The molecule has 0 aliphatic carbocycles. The van der Waals surface area contributed by atoms with Crippen molar-refractivity contribution in [3.63, 3.8) is 0 Å². The van der Waals surface area contributed by atoms with Crippen LogP contribution in [0.1, 0.15) is 40.5 Å². The molecule has 0 spiro atoms. The minimum atomic E-state index is -1.70. The van der Waals surface area contributed by atoms with E-state index in [4.69, 9.17) is 9.16 Å². The van der Waals surface area contributed by atoms with Crippen LogP contribution in [-0.4, -0.2) is 27.5 Å². The van der Waals surface area contributed by atoms with Gasteiger partial charge in [0.1, 0.15) is 0 Å². The van der Waals surface area contributed by atoms with Crippen molar-refractivity contribution in [3.8, 4) is 0 Å². The van der Waals surface area contributed by atoms with E-state index in [1.807, 2.05) is 13.0 Å². The molecule has 0 aromatic rings. The van der Waals surface area contributed by atoms with E-state index in [0.717, 1.165) is 12.8 Å². The molecule has 0 rings (SSSR count). The molecule has 0 heterocycles. The van der Waals surface area contributed by atoms with Crippen LogP contribution >= 0.6 is 0 Å². The van der Waals surface area contributed by atoms with E-state index < -0.39 is 8.32 Å². The first-order chi connectivity index (χ1) is 9.65. The van der Waals surface area contributed by atoms with E-state index in [-0.39, 0.29) is 16.9 Å². The molecule has 4 heteroatoms. The molecule has 21 heavy (non-hydrogen) atoms. The van der Waals surface area contributed by atoms with Crippen molar-refractivity contribution in [2.75, 3.05) is 13.2 Å². The van der Waals surface area contributed by atoms with Crippen LogP contribution in [-0.2, 0) is 14.0 Å². The smallest absolute Gasteiger partial charge is 0.312 e. The first-order valence-electron chi connectivity index (χ1n) is 7.75. The van der Waals surface area contributed by atoms with Gasteiger partial charge in [-0.05, 0) is 37.9 Å². The molecular formula is C17H32O3Si. The fraction of sp³-hybridized carbons (Fsp3) is 0.706. The summed E-state index contributed by atoms with van der Waals surface area (Å²) in [4.78, 5) is 11.9. The highest BCUT2D eigenvalue weighted by atomic mass is 28.4.